The summed E-state index contributed by atoms with van der Waals surface area (Å²) >= 11 is 7.51. The molecule has 0 aliphatic heterocycles. The van der Waals surface area contributed by atoms with Crippen molar-refractivity contribution in [3.63, 3.8) is 0 Å². The highest BCUT2D eigenvalue weighted by atomic mass is 35.5. The van der Waals surface area contributed by atoms with E-state index in [1.807, 2.05) is 53.9 Å². The van der Waals surface area contributed by atoms with Gasteiger partial charge in [-0.3, -0.25) is 0 Å². The molecule has 0 N–H and O–H groups in total. The van der Waals surface area contributed by atoms with Gasteiger partial charge in [-0.1, -0.05) is 35.9 Å². The number of nitrogens with zero attached hydrogens (tertiary/aromatic N) is 5. The van der Waals surface area contributed by atoms with Gasteiger partial charge in [0.2, 0.25) is 5.82 Å². The first-order valence-corrected chi connectivity index (χ1v) is 9.09. The fourth-order valence-corrected chi connectivity index (χ4v) is 3.38. The van der Waals surface area contributed by atoms with E-state index in [0.717, 1.165) is 27.6 Å². The van der Waals surface area contributed by atoms with E-state index in [4.69, 9.17) is 16.3 Å². The molecule has 2 heterocycles. The summed E-state index contributed by atoms with van der Waals surface area (Å²) in [6.45, 7) is 0.459. The topological polar surface area (TPSA) is 65.7 Å². The summed E-state index contributed by atoms with van der Waals surface area (Å²) in [6, 6.07) is 15.2. The molecule has 0 amide bonds. The van der Waals surface area contributed by atoms with Crippen molar-refractivity contribution in [2.75, 3.05) is 7.11 Å². The number of hydrogen-bond acceptors (Lipinski definition) is 6. The number of aromatic nitrogens is 5. The molecule has 0 aliphatic rings. The van der Waals surface area contributed by atoms with Gasteiger partial charge in [-0.15, -0.1) is 21.5 Å². The molecule has 8 heteroatoms. The van der Waals surface area contributed by atoms with Crippen molar-refractivity contribution in [1.29, 1.82) is 0 Å². The molecule has 130 valence electrons. The zero-order chi connectivity index (χ0) is 17.9. The van der Waals surface area contributed by atoms with Crippen LogP contribution in [-0.2, 0) is 6.54 Å². The van der Waals surface area contributed by atoms with E-state index in [2.05, 4.69) is 20.4 Å². The van der Waals surface area contributed by atoms with Gasteiger partial charge in [0.1, 0.15) is 17.3 Å². The fourth-order valence-electron chi connectivity index (χ4n) is 2.44. The molecule has 0 saturated carbocycles. The van der Waals surface area contributed by atoms with Crippen molar-refractivity contribution in [3.05, 3.63) is 64.6 Å². The molecular weight excluding hydrogens is 370 g/mol. The van der Waals surface area contributed by atoms with Crippen LogP contribution < -0.4 is 4.74 Å². The van der Waals surface area contributed by atoms with Crippen molar-refractivity contribution in [2.24, 2.45) is 0 Å². The molecule has 6 nitrogen and oxygen atoms in total. The number of halogens is 1. The van der Waals surface area contributed by atoms with Crippen LogP contribution in [0.1, 0.15) is 5.69 Å². The van der Waals surface area contributed by atoms with Gasteiger partial charge in [-0.25, -0.2) is 4.98 Å². The number of thiazole rings is 1. The van der Waals surface area contributed by atoms with Crippen LogP contribution in [0.15, 0.2) is 53.9 Å². The van der Waals surface area contributed by atoms with Gasteiger partial charge in [0, 0.05) is 21.5 Å². The predicted octanol–water partition coefficient (Wildman–Crippen LogP) is 4.17. The van der Waals surface area contributed by atoms with Crippen molar-refractivity contribution in [2.45, 2.75) is 6.54 Å². The quantitative estimate of drug-likeness (QED) is 0.517. The zero-order valence-corrected chi connectivity index (χ0v) is 15.4. The SMILES string of the molecule is COc1cccc(-c2nnn(Cc3csc(-c4ccc(Cl)cc4)n3)n2)c1. The largest absolute Gasteiger partial charge is 0.497 e. The van der Waals surface area contributed by atoms with Crippen LogP contribution in [0.3, 0.4) is 0 Å². The molecule has 0 bridgehead atoms. The lowest BCUT2D eigenvalue weighted by molar-refractivity contribution is 0.415. The third-order valence-corrected chi connectivity index (χ3v) is 4.92. The van der Waals surface area contributed by atoms with Crippen LogP contribution in [0.25, 0.3) is 22.0 Å². The fraction of sp³-hybridized carbons (Fsp3) is 0.111. The molecule has 26 heavy (non-hydrogen) atoms. The highest BCUT2D eigenvalue weighted by molar-refractivity contribution is 7.13. The Morgan fingerprint density at radius 3 is 2.77 bits per heavy atom. The van der Waals surface area contributed by atoms with Crippen molar-refractivity contribution >= 4 is 22.9 Å². The molecule has 2 aromatic carbocycles. The Hall–Kier alpha value is -2.77. The van der Waals surface area contributed by atoms with Gasteiger partial charge in [0.15, 0.2) is 0 Å². The van der Waals surface area contributed by atoms with Crippen molar-refractivity contribution < 1.29 is 4.74 Å². The van der Waals surface area contributed by atoms with Crippen molar-refractivity contribution in [3.8, 4) is 27.7 Å². The smallest absolute Gasteiger partial charge is 0.205 e. The summed E-state index contributed by atoms with van der Waals surface area (Å²) in [7, 11) is 1.63. The summed E-state index contributed by atoms with van der Waals surface area (Å²) < 4.78 is 5.23. The van der Waals surface area contributed by atoms with E-state index in [1.165, 1.54) is 4.80 Å². The molecule has 4 aromatic rings. The van der Waals surface area contributed by atoms with Crippen LogP contribution in [-0.4, -0.2) is 32.3 Å². The van der Waals surface area contributed by atoms with E-state index in [1.54, 1.807) is 18.4 Å². The Bertz CT molecular complexity index is 1030. The first-order valence-electron chi connectivity index (χ1n) is 7.84. The van der Waals surface area contributed by atoms with Crippen LogP contribution >= 0.6 is 22.9 Å². The summed E-state index contributed by atoms with van der Waals surface area (Å²) in [4.78, 5) is 6.18. The third-order valence-electron chi connectivity index (χ3n) is 3.73. The Balaban J connectivity index is 1.52. The maximum absolute atomic E-state index is 5.93. The summed E-state index contributed by atoms with van der Waals surface area (Å²) in [5, 5.41) is 16.3. The number of hydrogen-bond donors (Lipinski definition) is 0. The van der Waals surface area contributed by atoms with Gasteiger partial charge in [-0.2, -0.15) is 4.80 Å². The van der Waals surface area contributed by atoms with Crippen LogP contribution in [0.4, 0.5) is 0 Å². The van der Waals surface area contributed by atoms with Crippen LogP contribution in [0, 0.1) is 0 Å². The van der Waals surface area contributed by atoms with E-state index in [-0.39, 0.29) is 0 Å². The molecule has 2 aromatic heterocycles. The molecule has 0 saturated heterocycles. The minimum atomic E-state index is 0.459. The minimum absolute atomic E-state index is 0.459. The Labute approximate surface area is 159 Å². The lowest BCUT2D eigenvalue weighted by Crippen LogP contribution is -2.04. The third kappa shape index (κ3) is 3.58. The van der Waals surface area contributed by atoms with Crippen molar-refractivity contribution in [1.82, 2.24) is 25.2 Å². The van der Waals surface area contributed by atoms with E-state index in [0.29, 0.717) is 17.4 Å². The molecule has 0 atom stereocenters. The summed E-state index contributed by atoms with van der Waals surface area (Å²) in [5.41, 5.74) is 2.78. The number of tetrazole rings is 1. The minimum Gasteiger partial charge on any atom is -0.497 e. The van der Waals surface area contributed by atoms with E-state index in [9.17, 15) is 0 Å². The normalized spacial score (nSPS) is 10.8. The van der Waals surface area contributed by atoms with Crippen LogP contribution in [0.5, 0.6) is 5.75 Å². The summed E-state index contributed by atoms with van der Waals surface area (Å²) in [6.07, 6.45) is 0. The monoisotopic (exact) mass is 383 g/mol. The van der Waals surface area contributed by atoms with Gasteiger partial charge in [0.25, 0.3) is 0 Å². The van der Waals surface area contributed by atoms with E-state index < -0.39 is 0 Å². The average molecular weight is 384 g/mol. The van der Waals surface area contributed by atoms with Gasteiger partial charge < -0.3 is 4.74 Å². The molecule has 4 rings (SSSR count). The van der Waals surface area contributed by atoms with Gasteiger partial charge >= 0.3 is 0 Å². The molecule has 0 fully saturated rings. The number of benzene rings is 2. The maximum atomic E-state index is 5.93. The molecule has 0 aliphatic carbocycles. The molecule has 0 unspecified atom stereocenters. The van der Waals surface area contributed by atoms with E-state index >= 15 is 0 Å². The second-order valence-corrected chi connectivity index (χ2v) is 6.82. The first-order chi connectivity index (χ1) is 12.7. The van der Waals surface area contributed by atoms with Crippen LogP contribution in [0.2, 0.25) is 5.02 Å². The summed E-state index contributed by atoms with van der Waals surface area (Å²) in [5.74, 6) is 1.31. The first kappa shape index (κ1) is 16.7. The highest BCUT2D eigenvalue weighted by Gasteiger charge is 2.10. The number of methoxy groups -OCH3 is 1. The highest BCUT2D eigenvalue weighted by Crippen LogP contribution is 2.25. The second kappa shape index (κ2) is 7.23. The number of rotatable bonds is 5. The Morgan fingerprint density at radius 2 is 1.96 bits per heavy atom. The Kier molecular flexibility index (Phi) is 4.64. The number of ether oxygens (including phenoxy) is 1. The molecular formula is C18H14ClN5OS. The molecule has 0 spiro atoms. The lowest BCUT2D eigenvalue weighted by atomic mass is 10.2. The lowest BCUT2D eigenvalue weighted by Gasteiger charge is -2.00. The second-order valence-electron chi connectivity index (χ2n) is 5.53. The zero-order valence-electron chi connectivity index (χ0n) is 13.8. The molecule has 0 radical (unpaired) electrons. The predicted molar refractivity (Wildman–Crippen MR) is 101 cm³/mol. The van der Waals surface area contributed by atoms with Gasteiger partial charge in [0.05, 0.1) is 12.8 Å². The van der Waals surface area contributed by atoms with Gasteiger partial charge in [-0.05, 0) is 29.5 Å². The standard InChI is InChI=1S/C18H14ClN5OS/c1-25-16-4-2-3-13(9-16)17-21-23-24(22-17)10-15-11-26-18(20-15)12-5-7-14(19)8-6-12/h2-9,11H,10H2,1H3. The maximum Gasteiger partial charge on any atom is 0.205 e. The Morgan fingerprint density at radius 1 is 1.12 bits per heavy atom. The average Bonchev–Trinajstić information content (AvgIpc) is 3.33.